The predicted octanol–water partition coefficient (Wildman–Crippen LogP) is 2.77. The molecule has 0 radical (unpaired) electrons. The highest BCUT2D eigenvalue weighted by molar-refractivity contribution is 6.08. The van der Waals surface area contributed by atoms with Gasteiger partial charge in [-0.15, -0.1) is 0 Å². The Morgan fingerprint density at radius 2 is 1.80 bits per heavy atom. The van der Waals surface area contributed by atoms with Crippen molar-refractivity contribution in [1.29, 1.82) is 0 Å². The molecule has 2 aromatic carbocycles. The summed E-state index contributed by atoms with van der Waals surface area (Å²) < 4.78 is 11.3. The summed E-state index contributed by atoms with van der Waals surface area (Å²) in [7, 11) is 0. The van der Waals surface area contributed by atoms with Gasteiger partial charge in [-0.05, 0) is 30.2 Å². The number of benzene rings is 2. The van der Waals surface area contributed by atoms with Crippen molar-refractivity contribution in [3.05, 3.63) is 65.7 Å². The van der Waals surface area contributed by atoms with Crippen molar-refractivity contribution in [2.75, 3.05) is 39.4 Å². The molecule has 1 aliphatic heterocycles. The maximum atomic E-state index is 12.4. The van der Waals surface area contributed by atoms with E-state index in [0.717, 1.165) is 19.6 Å². The third kappa shape index (κ3) is 6.68. The van der Waals surface area contributed by atoms with Crippen molar-refractivity contribution < 1.29 is 19.1 Å². The van der Waals surface area contributed by atoms with E-state index in [1.54, 1.807) is 36.4 Å². The molecule has 1 amide bonds. The zero-order valence-electron chi connectivity index (χ0n) is 17.7. The topological polar surface area (TPSA) is 67.9 Å². The van der Waals surface area contributed by atoms with Crippen molar-refractivity contribution in [2.24, 2.45) is 5.92 Å². The molecule has 0 aromatic heterocycles. The largest absolute Gasteiger partial charge is 0.484 e. The average Bonchev–Trinajstić information content (AvgIpc) is 2.76. The second kappa shape index (κ2) is 10.9. The molecule has 1 saturated heterocycles. The minimum atomic E-state index is -0.191. The number of ketones is 1. The SMILES string of the molecule is CC(C)CN1CCOC(CNC(=O)COc2ccc(C(=O)c3ccccc3)cc2)C1. The molecule has 30 heavy (non-hydrogen) atoms. The summed E-state index contributed by atoms with van der Waals surface area (Å²) in [6, 6.07) is 16.0. The Balaban J connectivity index is 1.41. The van der Waals surface area contributed by atoms with Crippen molar-refractivity contribution in [2.45, 2.75) is 20.0 Å². The minimum Gasteiger partial charge on any atom is -0.484 e. The summed E-state index contributed by atoms with van der Waals surface area (Å²) in [6.07, 6.45) is 0.00438. The number of carbonyl (C=O) groups is 2. The van der Waals surface area contributed by atoms with Crippen LogP contribution in [0, 0.1) is 5.92 Å². The molecule has 1 aliphatic rings. The van der Waals surface area contributed by atoms with Gasteiger partial charge in [0.25, 0.3) is 5.91 Å². The molecule has 1 atom stereocenters. The Hall–Kier alpha value is -2.70. The summed E-state index contributed by atoms with van der Waals surface area (Å²) >= 11 is 0. The van der Waals surface area contributed by atoms with Crippen LogP contribution in [0.25, 0.3) is 0 Å². The van der Waals surface area contributed by atoms with E-state index in [-0.39, 0.29) is 24.4 Å². The van der Waals surface area contributed by atoms with Crippen LogP contribution in [0.1, 0.15) is 29.8 Å². The summed E-state index contributed by atoms with van der Waals surface area (Å²) in [4.78, 5) is 26.9. The Morgan fingerprint density at radius 3 is 2.50 bits per heavy atom. The third-order valence-electron chi connectivity index (χ3n) is 4.90. The van der Waals surface area contributed by atoms with Crippen molar-refractivity contribution in [3.63, 3.8) is 0 Å². The van der Waals surface area contributed by atoms with E-state index < -0.39 is 0 Å². The molecule has 2 aromatic rings. The lowest BCUT2D eigenvalue weighted by Gasteiger charge is -2.33. The number of carbonyl (C=O) groups excluding carboxylic acids is 2. The highest BCUT2D eigenvalue weighted by atomic mass is 16.5. The van der Waals surface area contributed by atoms with E-state index in [4.69, 9.17) is 9.47 Å². The van der Waals surface area contributed by atoms with Crippen LogP contribution in [0.15, 0.2) is 54.6 Å². The number of hydrogen-bond acceptors (Lipinski definition) is 5. The van der Waals surface area contributed by atoms with Crippen LogP contribution in [0.5, 0.6) is 5.75 Å². The van der Waals surface area contributed by atoms with E-state index in [1.165, 1.54) is 0 Å². The molecule has 1 heterocycles. The fourth-order valence-electron chi connectivity index (χ4n) is 3.47. The van der Waals surface area contributed by atoms with Crippen LogP contribution in [0.4, 0.5) is 0 Å². The summed E-state index contributed by atoms with van der Waals surface area (Å²) in [5, 5.41) is 2.88. The van der Waals surface area contributed by atoms with Crippen LogP contribution in [-0.2, 0) is 9.53 Å². The standard InChI is InChI=1S/C24H30N2O4/c1-18(2)15-26-12-13-29-22(16-26)14-25-23(27)17-30-21-10-8-20(9-11-21)24(28)19-6-4-3-5-7-19/h3-11,18,22H,12-17H2,1-2H3,(H,25,27). The molecule has 3 rings (SSSR count). The van der Waals surface area contributed by atoms with Crippen molar-refractivity contribution in [3.8, 4) is 5.75 Å². The molecule has 160 valence electrons. The molecule has 1 N–H and O–H groups in total. The molecule has 0 bridgehead atoms. The molecule has 0 aliphatic carbocycles. The highest BCUT2D eigenvalue weighted by Gasteiger charge is 2.21. The molecular formula is C24H30N2O4. The summed E-state index contributed by atoms with van der Waals surface area (Å²) in [5.74, 6) is 0.927. The first kappa shape index (κ1) is 22.0. The van der Waals surface area contributed by atoms with Gasteiger partial charge in [-0.2, -0.15) is 0 Å². The monoisotopic (exact) mass is 410 g/mol. The number of amides is 1. The molecule has 0 saturated carbocycles. The first-order valence-electron chi connectivity index (χ1n) is 10.4. The van der Waals surface area contributed by atoms with Gasteiger partial charge < -0.3 is 14.8 Å². The van der Waals surface area contributed by atoms with Crippen molar-refractivity contribution in [1.82, 2.24) is 10.2 Å². The Labute approximate surface area is 178 Å². The van der Waals surface area contributed by atoms with E-state index in [2.05, 4.69) is 24.1 Å². The van der Waals surface area contributed by atoms with Gasteiger partial charge in [0, 0.05) is 37.3 Å². The molecule has 6 nitrogen and oxygen atoms in total. The maximum absolute atomic E-state index is 12.4. The number of nitrogens with zero attached hydrogens (tertiary/aromatic N) is 1. The minimum absolute atomic E-state index is 0.00438. The maximum Gasteiger partial charge on any atom is 0.258 e. The fourth-order valence-corrected chi connectivity index (χ4v) is 3.47. The quantitative estimate of drug-likeness (QED) is 0.644. The Kier molecular flexibility index (Phi) is 7.99. The van der Waals surface area contributed by atoms with Crippen molar-refractivity contribution >= 4 is 11.7 Å². The molecule has 6 heteroatoms. The number of rotatable bonds is 9. The second-order valence-electron chi connectivity index (χ2n) is 7.96. The lowest BCUT2D eigenvalue weighted by atomic mass is 10.0. The van der Waals surface area contributed by atoms with Gasteiger partial charge in [0.1, 0.15) is 5.75 Å². The lowest BCUT2D eigenvalue weighted by Crippen LogP contribution is -2.48. The van der Waals surface area contributed by atoms with Crippen LogP contribution >= 0.6 is 0 Å². The lowest BCUT2D eigenvalue weighted by molar-refractivity contribution is -0.124. The van der Waals surface area contributed by atoms with Gasteiger partial charge in [-0.25, -0.2) is 0 Å². The van der Waals surface area contributed by atoms with Gasteiger partial charge in [0.2, 0.25) is 0 Å². The smallest absolute Gasteiger partial charge is 0.258 e. The van der Waals surface area contributed by atoms with Gasteiger partial charge >= 0.3 is 0 Å². The van der Waals surface area contributed by atoms with E-state index >= 15 is 0 Å². The van der Waals surface area contributed by atoms with Gasteiger partial charge in [-0.3, -0.25) is 14.5 Å². The van der Waals surface area contributed by atoms with Crippen LogP contribution in [-0.4, -0.2) is 62.1 Å². The van der Waals surface area contributed by atoms with E-state index in [0.29, 0.717) is 35.9 Å². The third-order valence-corrected chi connectivity index (χ3v) is 4.90. The molecule has 1 fully saturated rings. The first-order chi connectivity index (χ1) is 14.5. The zero-order chi connectivity index (χ0) is 21.3. The number of nitrogens with one attached hydrogen (secondary N) is 1. The molecular weight excluding hydrogens is 380 g/mol. The van der Waals surface area contributed by atoms with Gasteiger partial charge in [0.05, 0.1) is 12.7 Å². The number of morpholine rings is 1. The molecule has 0 spiro atoms. The summed E-state index contributed by atoms with van der Waals surface area (Å²) in [5.41, 5.74) is 1.22. The normalized spacial score (nSPS) is 17.0. The number of ether oxygens (including phenoxy) is 2. The fraction of sp³-hybridized carbons (Fsp3) is 0.417. The van der Waals surface area contributed by atoms with Crippen LogP contribution in [0.3, 0.4) is 0 Å². The van der Waals surface area contributed by atoms with E-state index in [1.807, 2.05) is 18.2 Å². The van der Waals surface area contributed by atoms with Crippen LogP contribution < -0.4 is 10.1 Å². The highest BCUT2D eigenvalue weighted by Crippen LogP contribution is 2.15. The van der Waals surface area contributed by atoms with Crippen LogP contribution in [0.2, 0.25) is 0 Å². The molecule has 1 unspecified atom stereocenters. The average molecular weight is 411 g/mol. The Morgan fingerprint density at radius 1 is 1.10 bits per heavy atom. The zero-order valence-corrected chi connectivity index (χ0v) is 17.7. The number of hydrogen-bond donors (Lipinski definition) is 1. The Bertz CT molecular complexity index is 821. The van der Waals surface area contributed by atoms with Gasteiger partial charge in [-0.1, -0.05) is 44.2 Å². The van der Waals surface area contributed by atoms with E-state index in [9.17, 15) is 9.59 Å². The predicted molar refractivity (Wildman–Crippen MR) is 116 cm³/mol. The summed E-state index contributed by atoms with van der Waals surface area (Å²) in [6.45, 7) is 8.30. The van der Waals surface area contributed by atoms with Gasteiger partial charge in [0.15, 0.2) is 12.4 Å². The first-order valence-corrected chi connectivity index (χ1v) is 10.4. The second-order valence-corrected chi connectivity index (χ2v) is 7.96.